The summed E-state index contributed by atoms with van der Waals surface area (Å²) in [6.07, 6.45) is 1.25. The SMILES string of the molecule is NC(=O)CCC(NC(=O)C(N)CO)C(=O)NC(Cc1c[nH]c2ccccc12)C(=O)NCC(=O)O. The number of carboxylic acid groups (broad SMARTS) is 1. The van der Waals surface area contributed by atoms with Crippen molar-refractivity contribution in [2.24, 2.45) is 11.5 Å². The molecule has 0 aliphatic carbocycles. The average Bonchev–Trinajstić information content (AvgIpc) is 3.21. The van der Waals surface area contributed by atoms with Gasteiger partial charge in [-0.15, -0.1) is 0 Å². The Morgan fingerprint density at radius 1 is 1.00 bits per heavy atom. The molecule has 0 aliphatic heterocycles. The lowest BCUT2D eigenvalue weighted by Crippen LogP contribution is -2.57. The highest BCUT2D eigenvalue weighted by atomic mass is 16.4. The third-order valence-corrected chi connectivity index (χ3v) is 4.99. The monoisotopic (exact) mass is 476 g/mol. The first-order valence-corrected chi connectivity index (χ1v) is 10.4. The predicted octanol–water partition coefficient (Wildman–Crippen LogP) is -2.53. The van der Waals surface area contributed by atoms with E-state index in [-0.39, 0.29) is 19.3 Å². The number of amides is 4. The molecule has 0 radical (unpaired) electrons. The summed E-state index contributed by atoms with van der Waals surface area (Å²) in [6, 6.07) is 3.49. The molecule has 0 spiro atoms. The number of rotatable bonds is 13. The fourth-order valence-corrected chi connectivity index (χ4v) is 3.21. The summed E-state index contributed by atoms with van der Waals surface area (Å²) >= 11 is 0. The van der Waals surface area contributed by atoms with Crippen LogP contribution in [0.4, 0.5) is 0 Å². The summed E-state index contributed by atoms with van der Waals surface area (Å²) in [5.41, 5.74) is 12.1. The molecule has 2 aromatic rings. The minimum atomic E-state index is -1.30. The van der Waals surface area contributed by atoms with Gasteiger partial charge in [0.05, 0.1) is 6.61 Å². The fourth-order valence-electron chi connectivity index (χ4n) is 3.21. The second-order valence-electron chi connectivity index (χ2n) is 7.59. The van der Waals surface area contributed by atoms with Gasteiger partial charge in [-0.05, 0) is 18.1 Å². The van der Waals surface area contributed by atoms with Crippen LogP contribution < -0.4 is 27.4 Å². The molecule has 13 nitrogen and oxygen atoms in total. The highest BCUT2D eigenvalue weighted by molar-refractivity contribution is 5.94. The Morgan fingerprint density at radius 2 is 1.68 bits per heavy atom. The number of hydrogen-bond donors (Lipinski definition) is 8. The molecule has 0 saturated heterocycles. The Bertz CT molecular complexity index is 1050. The molecule has 0 saturated carbocycles. The Morgan fingerprint density at radius 3 is 2.32 bits per heavy atom. The number of aliphatic hydroxyl groups excluding tert-OH is 1. The molecule has 0 bridgehead atoms. The van der Waals surface area contributed by atoms with Gasteiger partial charge >= 0.3 is 5.97 Å². The number of aromatic nitrogens is 1. The maximum atomic E-state index is 13.0. The van der Waals surface area contributed by atoms with E-state index >= 15 is 0 Å². The van der Waals surface area contributed by atoms with Crippen molar-refractivity contribution in [1.82, 2.24) is 20.9 Å². The van der Waals surface area contributed by atoms with Crippen molar-refractivity contribution in [2.75, 3.05) is 13.2 Å². The maximum absolute atomic E-state index is 13.0. The number of aliphatic carboxylic acids is 1. The highest BCUT2D eigenvalue weighted by Crippen LogP contribution is 2.19. The van der Waals surface area contributed by atoms with Crippen LogP contribution in [-0.2, 0) is 30.4 Å². The number of H-pyrrole nitrogens is 1. The van der Waals surface area contributed by atoms with E-state index in [1.165, 1.54) is 0 Å². The summed E-state index contributed by atoms with van der Waals surface area (Å²) in [6.45, 7) is -1.33. The van der Waals surface area contributed by atoms with E-state index in [2.05, 4.69) is 20.9 Å². The van der Waals surface area contributed by atoms with Crippen molar-refractivity contribution in [3.05, 3.63) is 36.0 Å². The number of benzene rings is 1. The molecule has 1 heterocycles. The Labute approximate surface area is 194 Å². The molecule has 3 unspecified atom stereocenters. The van der Waals surface area contributed by atoms with Gasteiger partial charge in [0.25, 0.3) is 0 Å². The van der Waals surface area contributed by atoms with Crippen LogP contribution in [0, 0.1) is 0 Å². The molecular weight excluding hydrogens is 448 g/mol. The zero-order valence-corrected chi connectivity index (χ0v) is 18.2. The number of carboxylic acids is 1. The lowest BCUT2D eigenvalue weighted by atomic mass is 10.0. The highest BCUT2D eigenvalue weighted by Gasteiger charge is 2.29. The van der Waals surface area contributed by atoms with Gasteiger partial charge in [0, 0.05) is 29.9 Å². The number of para-hydroxylation sites is 1. The average molecular weight is 476 g/mol. The molecule has 1 aromatic carbocycles. The van der Waals surface area contributed by atoms with Crippen molar-refractivity contribution < 1.29 is 34.2 Å². The summed E-state index contributed by atoms with van der Waals surface area (Å²) in [7, 11) is 0. The number of carbonyl (C=O) groups excluding carboxylic acids is 4. The van der Waals surface area contributed by atoms with E-state index < -0.39 is 60.9 Å². The first kappa shape index (κ1) is 26.3. The number of primary amides is 1. The molecule has 0 fully saturated rings. The Kier molecular flexibility index (Phi) is 9.52. The van der Waals surface area contributed by atoms with E-state index in [1.807, 2.05) is 18.2 Å². The zero-order chi connectivity index (χ0) is 25.3. The van der Waals surface area contributed by atoms with E-state index in [1.54, 1.807) is 12.3 Å². The molecule has 2 rings (SSSR count). The first-order valence-electron chi connectivity index (χ1n) is 10.4. The summed E-state index contributed by atoms with van der Waals surface area (Å²) in [5.74, 6) is -4.39. The number of fused-ring (bicyclic) bond motifs is 1. The van der Waals surface area contributed by atoms with Gasteiger partial charge in [-0.25, -0.2) is 0 Å². The number of aromatic amines is 1. The Balaban J connectivity index is 2.25. The molecule has 3 atom stereocenters. The second-order valence-corrected chi connectivity index (χ2v) is 7.59. The summed E-state index contributed by atoms with van der Waals surface area (Å²) in [4.78, 5) is 62.9. The number of hydrogen-bond acceptors (Lipinski definition) is 7. The molecule has 184 valence electrons. The van der Waals surface area contributed by atoms with Gasteiger partial charge < -0.3 is 42.6 Å². The smallest absolute Gasteiger partial charge is 0.322 e. The van der Waals surface area contributed by atoms with Gasteiger partial charge in [-0.1, -0.05) is 18.2 Å². The first-order chi connectivity index (χ1) is 16.1. The van der Waals surface area contributed by atoms with Crippen molar-refractivity contribution in [3.8, 4) is 0 Å². The molecule has 10 N–H and O–H groups in total. The van der Waals surface area contributed by atoms with Crippen LogP contribution in [0.2, 0.25) is 0 Å². The maximum Gasteiger partial charge on any atom is 0.322 e. The topological polar surface area (TPSA) is 230 Å². The van der Waals surface area contributed by atoms with E-state index in [4.69, 9.17) is 21.7 Å². The molecule has 34 heavy (non-hydrogen) atoms. The largest absolute Gasteiger partial charge is 0.480 e. The van der Waals surface area contributed by atoms with Gasteiger partial charge in [-0.2, -0.15) is 0 Å². The standard InChI is InChI=1S/C21H28N6O7/c22-13(10-28)19(32)26-15(5-6-17(23)29)21(34)27-16(20(33)25-9-18(30)31)7-11-8-24-14-4-2-1-3-12(11)14/h1-4,8,13,15-16,24,28H,5-7,9-10,22H2,(H2,23,29)(H,25,33)(H,26,32)(H,27,34)(H,30,31). The molecule has 1 aromatic heterocycles. The van der Waals surface area contributed by atoms with Crippen LogP contribution in [0.5, 0.6) is 0 Å². The number of carbonyl (C=O) groups is 5. The predicted molar refractivity (Wildman–Crippen MR) is 120 cm³/mol. The van der Waals surface area contributed by atoms with E-state index in [0.717, 1.165) is 10.9 Å². The van der Waals surface area contributed by atoms with Crippen LogP contribution in [-0.4, -0.2) is 76.1 Å². The summed E-state index contributed by atoms with van der Waals surface area (Å²) < 4.78 is 0. The Hall–Kier alpha value is -3.97. The molecule has 0 aliphatic rings. The minimum absolute atomic E-state index is 0.00778. The van der Waals surface area contributed by atoms with Crippen LogP contribution >= 0.6 is 0 Å². The number of nitrogens with one attached hydrogen (secondary N) is 4. The van der Waals surface area contributed by atoms with Crippen molar-refractivity contribution >= 4 is 40.5 Å². The zero-order valence-electron chi connectivity index (χ0n) is 18.2. The van der Waals surface area contributed by atoms with Crippen LogP contribution in [0.3, 0.4) is 0 Å². The van der Waals surface area contributed by atoms with Crippen LogP contribution in [0.1, 0.15) is 18.4 Å². The van der Waals surface area contributed by atoms with Gasteiger partial charge in [-0.3, -0.25) is 24.0 Å². The van der Waals surface area contributed by atoms with Crippen LogP contribution in [0.25, 0.3) is 10.9 Å². The van der Waals surface area contributed by atoms with Crippen molar-refractivity contribution in [3.63, 3.8) is 0 Å². The third-order valence-electron chi connectivity index (χ3n) is 4.99. The second kappa shape index (κ2) is 12.3. The lowest BCUT2D eigenvalue weighted by Gasteiger charge is -2.23. The van der Waals surface area contributed by atoms with E-state index in [0.29, 0.717) is 5.56 Å². The number of aliphatic hydroxyl groups is 1. The third kappa shape index (κ3) is 7.56. The van der Waals surface area contributed by atoms with Crippen LogP contribution in [0.15, 0.2) is 30.5 Å². The van der Waals surface area contributed by atoms with E-state index in [9.17, 15) is 24.0 Å². The molecule has 4 amide bonds. The fraction of sp³-hybridized carbons (Fsp3) is 0.381. The molecular formula is C21H28N6O7. The minimum Gasteiger partial charge on any atom is -0.480 e. The van der Waals surface area contributed by atoms with Crippen molar-refractivity contribution in [2.45, 2.75) is 37.4 Å². The van der Waals surface area contributed by atoms with Gasteiger partial charge in [0.2, 0.25) is 23.6 Å². The quantitative estimate of drug-likeness (QED) is 0.153. The lowest BCUT2D eigenvalue weighted by molar-refractivity contribution is -0.138. The van der Waals surface area contributed by atoms with Crippen molar-refractivity contribution in [1.29, 1.82) is 0 Å². The normalized spacial score (nSPS) is 13.5. The van der Waals surface area contributed by atoms with Gasteiger partial charge in [0.15, 0.2) is 0 Å². The number of nitrogens with two attached hydrogens (primary N) is 2. The van der Waals surface area contributed by atoms with Gasteiger partial charge in [0.1, 0.15) is 24.7 Å². The summed E-state index contributed by atoms with van der Waals surface area (Å²) in [5, 5.41) is 25.8. The molecule has 13 heteroatoms.